The zero-order valence-corrected chi connectivity index (χ0v) is 9.42. The summed E-state index contributed by atoms with van der Waals surface area (Å²) in [6.45, 7) is 4.56. The van der Waals surface area contributed by atoms with Gasteiger partial charge in [-0.25, -0.2) is 0 Å². The van der Waals surface area contributed by atoms with Crippen molar-refractivity contribution in [2.75, 3.05) is 7.11 Å². The summed E-state index contributed by atoms with van der Waals surface area (Å²) in [4.78, 5) is 0. The second-order valence-corrected chi connectivity index (χ2v) is 3.90. The molecule has 0 aromatic heterocycles. The Labute approximate surface area is 87.1 Å². The quantitative estimate of drug-likeness (QED) is 0.691. The molecule has 0 spiro atoms. The summed E-state index contributed by atoms with van der Waals surface area (Å²) in [6, 6.07) is 8.38. The first-order chi connectivity index (χ1) is 6.76. The molecule has 0 amide bonds. The van der Waals surface area contributed by atoms with Gasteiger partial charge in [-0.05, 0) is 36.5 Å². The van der Waals surface area contributed by atoms with Crippen LogP contribution in [0.3, 0.4) is 0 Å². The van der Waals surface area contributed by atoms with Gasteiger partial charge in [0.1, 0.15) is 5.75 Å². The highest BCUT2D eigenvalue weighted by Gasteiger charge is 2.00. The topological polar surface area (TPSA) is 9.23 Å². The average Bonchev–Trinajstić information content (AvgIpc) is 2.26. The van der Waals surface area contributed by atoms with Crippen molar-refractivity contribution in [2.45, 2.75) is 33.1 Å². The second kappa shape index (κ2) is 5.69. The van der Waals surface area contributed by atoms with Gasteiger partial charge in [-0.15, -0.1) is 0 Å². The molecule has 78 valence electrons. The van der Waals surface area contributed by atoms with Crippen molar-refractivity contribution in [2.24, 2.45) is 5.92 Å². The molecule has 14 heavy (non-hydrogen) atoms. The van der Waals surface area contributed by atoms with Gasteiger partial charge < -0.3 is 4.74 Å². The maximum Gasteiger partial charge on any atom is 0.118 e. The number of ether oxygens (including phenoxy) is 1. The van der Waals surface area contributed by atoms with Crippen LogP contribution in [0.1, 0.15) is 32.3 Å². The van der Waals surface area contributed by atoms with Gasteiger partial charge in [-0.2, -0.15) is 0 Å². The molecule has 0 saturated heterocycles. The maximum absolute atomic E-state index is 5.12. The van der Waals surface area contributed by atoms with E-state index in [9.17, 15) is 0 Å². The highest BCUT2D eigenvalue weighted by atomic mass is 16.5. The number of rotatable bonds is 5. The molecule has 0 bridgehead atoms. The molecule has 0 N–H and O–H groups in total. The molecule has 0 radical (unpaired) electrons. The van der Waals surface area contributed by atoms with E-state index in [2.05, 4.69) is 26.0 Å². The average molecular weight is 192 g/mol. The fraction of sp³-hybridized carbons (Fsp3) is 0.538. The van der Waals surface area contributed by atoms with Crippen LogP contribution in [-0.4, -0.2) is 7.11 Å². The maximum atomic E-state index is 5.12. The van der Waals surface area contributed by atoms with E-state index in [0.717, 1.165) is 11.7 Å². The third-order valence-corrected chi connectivity index (χ3v) is 2.78. The summed E-state index contributed by atoms with van der Waals surface area (Å²) in [5.41, 5.74) is 1.41. The van der Waals surface area contributed by atoms with Crippen molar-refractivity contribution in [1.29, 1.82) is 0 Å². The Hall–Kier alpha value is -0.980. The van der Waals surface area contributed by atoms with Gasteiger partial charge in [0, 0.05) is 0 Å². The number of methoxy groups -OCH3 is 1. The van der Waals surface area contributed by atoms with E-state index in [-0.39, 0.29) is 0 Å². The highest BCUT2D eigenvalue weighted by Crippen LogP contribution is 2.15. The van der Waals surface area contributed by atoms with E-state index < -0.39 is 0 Å². The van der Waals surface area contributed by atoms with E-state index in [0.29, 0.717) is 0 Å². The first-order valence-electron chi connectivity index (χ1n) is 5.39. The molecule has 0 aliphatic heterocycles. The molecule has 0 fully saturated rings. The molecule has 1 aromatic carbocycles. The van der Waals surface area contributed by atoms with Crippen molar-refractivity contribution in [3.63, 3.8) is 0 Å². The fourth-order valence-corrected chi connectivity index (χ4v) is 1.41. The van der Waals surface area contributed by atoms with Gasteiger partial charge in [-0.3, -0.25) is 0 Å². The fourth-order valence-electron chi connectivity index (χ4n) is 1.41. The standard InChI is InChI=1S/C13H20O/c1-4-11(2)5-6-12-7-9-13(14-3)10-8-12/h7-11H,4-6H2,1-3H3/t11-/m1/s1. The Morgan fingerprint density at radius 3 is 2.36 bits per heavy atom. The molecule has 0 aliphatic carbocycles. The third-order valence-electron chi connectivity index (χ3n) is 2.78. The Morgan fingerprint density at radius 2 is 1.86 bits per heavy atom. The van der Waals surface area contributed by atoms with Crippen LogP contribution in [0.2, 0.25) is 0 Å². The molecular weight excluding hydrogens is 172 g/mol. The van der Waals surface area contributed by atoms with Gasteiger partial charge in [-0.1, -0.05) is 32.4 Å². The molecule has 1 heteroatoms. The Bertz CT molecular complexity index is 250. The van der Waals surface area contributed by atoms with Crippen LogP contribution < -0.4 is 4.74 Å². The molecule has 0 aliphatic rings. The van der Waals surface area contributed by atoms with E-state index in [1.54, 1.807) is 7.11 Å². The van der Waals surface area contributed by atoms with Gasteiger partial charge in [0.15, 0.2) is 0 Å². The number of benzene rings is 1. The number of aryl methyl sites for hydroxylation is 1. The monoisotopic (exact) mass is 192 g/mol. The third kappa shape index (κ3) is 3.41. The number of hydrogen-bond acceptors (Lipinski definition) is 1. The summed E-state index contributed by atoms with van der Waals surface area (Å²) in [5, 5.41) is 0. The van der Waals surface area contributed by atoms with Crippen LogP contribution in [0.4, 0.5) is 0 Å². The first-order valence-corrected chi connectivity index (χ1v) is 5.39. The van der Waals surface area contributed by atoms with Gasteiger partial charge >= 0.3 is 0 Å². The van der Waals surface area contributed by atoms with Crippen LogP contribution >= 0.6 is 0 Å². The van der Waals surface area contributed by atoms with E-state index in [1.807, 2.05) is 12.1 Å². The largest absolute Gasteiger partial charge is 0.497 e. The van der Waals surface area contributed by atoms with Crippen molar-refractivity contribution >= 4 is 0 Å². The molecule has 1 rings (SSSR count). The first kappa shape index (κ1) is 11.1. The summed E-state index contributed by atoms with van der Waals surface area (Å²) in [5.74, 6) is 1.77. The Balaban J connectivity index is 2.43. The molecule has 0 unspecified atom stereocenters. The molecule has 1 aromatic rings. The molecule has 1 atom stereocenters. The zero-order chi connectivity index (χ0) is 10.4. The normalized spacial score (nSPS) is 12.5. The lowest BCUT2D eigenvalue weighted by atomic mass is 9.99. The van der Waals surface area contributed by atoms with E-state index in [1.165, 1.54) is 24.8 Å². The van der Waals surface area contributed by atoms with Gasteiger partial charge in [0.2, 0.25) is 0 Å². The zero-order valence-electron chi connectivity index (χ0n) is 9.42. The predicted octanol–water partition coefficient (Wildman–Crippen LogP) is 3.67. The summed E-state index contributed by atoms with van der Waals surface area (Å²) >= 11 is 0. The van der Waals surface area contributed by atoms with Crippen molar-refractivity contribution in [3.8, 4) is 5.75 Å². The van der Waals surface area contributed by atoms with E-state index >= 15 is 0 Å². The lowest BCUT2D eigenvalue weighted by Gasteiger charge is -2.08. The predicted molar refractivity (Wildman–Crippen MR) is 60.8 cm³/mol. The Kier molecular flexibility index (Phi) is 4.51. The number of hydrogen-bond donors (Lipinski definition) is 0. The van der Waals surface area contributed by atoms with Gasteiger partial charge in [0.05, 0.1) is 7.11 Å². The van der Waals surface area contributed by atoms with Crippen LogP contribution in [0.15, 0.2) is 24.3 Å². The Morgan fingerprint density at radius 1 is 1.21 bits per heavy atom. The summed E-state index contributed by atoms with van der Waals surface area (Å²) < 4.78 is 5.12. The molecule has 0 saturated carbocycles. The SMILES string of the molecule is CC[C@@H](C)CCc1ccc(OC)cc1. The lowest BCUT2D eigenvalue weighted by Crippen LogP contribution is -1.95. The van der Waals surface area contributed by atoms with Crippen LogP contribution in [0.25, 0.3) is 0 Å². The highest BCUT2D eigenvalue weighted by molar-refractivity contribution is 5.27. The van der Waals surface area contributed by atoms with Gasteiger partial charge in [0.25, 0.3) is 0 Å². The lowest BCUT2D eigenvalue weighted by molar-refractivity contribution is 0.414. The summed E-state index contributed by atoms with van der Waals surface area (Å²) in [6.07, 6.45) is 3.73. The smallest absolute Gasteiger partial charge is 0.118 e. The molecule has 0 heterocycles. The van der Waals surface area contributed by atoms with Crippen LogP contribution in [0, 0.1) is 5.92 Å². The minimum absolute atomic E-state index is 0.831. The van der Waals surface area contributed by atoms with Crippen molar-refractivity contribution < 1.29 is 4.74 Å². The minimum Gasteiger partial charge on any atom is -0.497 e. The molecule has 1 nitrogen and oxygen atoms in total. The van der Waals surface area contributed by atoms with Crippen molar-refractivity contribution in [3.05, 3.63) is 29.8 Å². The molecular formula is C13H20O. The van der Waals surface area contributed by atoms with Crippen LogP contribution in [0.5, 0.6) is 5.75 Å². The van der Waals surface area contributed by atoms with Crippen LogP contribution in [-0.2, 0) is 6.42 Å². The second-order valence-electron chi connectivity index (χ2n) is 3.90. The minimum atomic E-state index is 0.831. The van der Waals surface area contributed by atoms with E-state index in [4.69, 9.17) is 4.74 Å². The van der Waals surface area contributed by atoms with Crippen molar-refractivity contribution in [1.82, 2.24) is 0 Å². The summed E-state index contributed by atoms with van der Waals surface area (Å²) in [7, 11) is 1.70.